The lowest BCUT2D eigenvalue weighted by Gasteiger charge is -2.34. The molecule has 138 valence electrons. The molecule has 0 aromatic heterocycles. The zero-order valence-electron chi connectivity index (χ0n) is 15.1. The van der Waals surface area contributed by atoms with Gasteiger partial charge in [-0.25, -0.2) is 8.42 Å². The van der Waals surface area contributed by atoms with Crippen molar-refractivity contribution in [3.8, 4) is 0 Å². The number of amides is 2. The van der Waals surface area contributed by atoms with Crippen molar-refractivity contribution >= 4 is 21.7 Å². The highest BCUT2D eigenvalue weighted by molar-refractivity contribution is 7.92. The van der Waals surface area contributed by atoms with Gasteiger partial charge in [0.2, 0.25) is 5.91 Å². The zero-order chi connectivity index (χ0) is 18.6. The van der Waals surface area contributed by atoms with E-state index in [1.807, 2.05) is 6.92 Å². The van der Waals surface area contributed by atoms with E-state index in [0.29, 0.717) is 38.2 Å². The summed E-state index contributed by atoms with van der Waals surface area (Å²) < 4.78 is 24.3. The zero-order valence-corrected chi connectivity index (χ0v) is 15.9. The highest BCUT2D eigenvalue weighted by Gasteiger charge is 2.25. The van der Waals surface area contributed by atoms with E-state index in [4.69, 9.17) is 0 Å². The van der Waals surface area contributed by atoms with Crippen LogP contribution in [-0.2, 0) is 14.6 Å². The Balaban J connectivity index is 2.01. The van der Waals surface area contributed by atoms with Crippen LogP contribution in [0.3, 0.4) is 0 Å². The molecule has 0 spiro atoms. The van der Waals surface area contributed by atoms with Crippen molar-refractivity contribution in [1.29, 1.82) is 0 Å². The number of carbonyl (C=O) groups excluding carboxylic acids is 2. The van der Waals surface area contributed by atoms with E-state index >= 15 is 0 Å². The van der Waals surface area contributed by atoms with Crippen molar-refractivity contribution in [3.05, 3.63) is 29.8 Å². The normalized spacial score (nSPS) is 15.5. The second-order valence-corrected chi connectivity index (χ2v) is 9.05. The van der Waals surface area contributed by atoms with Gasteiger partial charge in [0, 0.05) is 38.2 Å². The minimum atomic E-state index is -3.34. The molecule has 2 rings (SSSR count). The lowest BCUT2D eigenvalue weighted by Crippen LogP contribution is -2.50. The number of hydrogen-bond donors (Lipinski definition) is 0. The van der Waals surface area contributed by atoms with Gasteiger partial charge in [0.15, 0.2) is 9.84 Å². The van der Waals surface area contributed by atoms with Crippen LogP contribution in [0.5, 0.6) is 0 Å². The first-order valence-corrected chi connectivity index (χ1v) is 10.2. The Morgan fingerprint density at radius 3 is 2.00 bits per heavy atom. The highest BCUT2D eigenvalue weighted by atomic mass is 32.2. The molecule has 25 heavy (non-hydrogen) atoms. The summed E-state index contributed by atoms with van der Waals surface area (Å²) in [6.07, 6.45) is 1.36. The van der Waals surface area contributed by atoms with Gasteiger partial charge >= 0.3 is 0 Å². The van der Waals surface area contributed by atoms with Crippen molar-refractivity contribution in [2.75, 3.05) is 26.2 Å². The molecule has 1 aliphatic rings. The standard InChI is InChI=1S/C18H26N2O4S/c1-4-5-17(21)19-10-12-20(13-11-19)18(22)15-6-8-16(9-7-15)25(23,24)14(2)3/h6-9,14H,4-5,10-13H2,1-3H3. The third-order valence-corrected chi connectivity index (χ3v) is 6.60. The van der Waals surface area contributed by atoms with Gasteiger partial charge in [-0.1, -0.05) is 6.92 Å². The summed E-state index contributed by atoms with van der Waals surface area (Å²) in [4.78, 5) is 28.2. The number of sulfone groups is 1. The average Bonchev–Trinajstić information content (AvgIpc) is 2.61. The van der Waals surface area contributed by atoms with Gasteiger partial charge in [0.25, 0.3) is 5.91 Å². The molecule has 1 fully saturated rings. The minimum Gasteiger partial charge on any atom is -0.339 e. The molecular formula is C18H26N2O4S. The Morgan fingerprint density at radius 2 is 1.52 bits per heavy atom. The fourth-order valence-corrected chi connectivity index (χ4v) is 3.83. The SMILES string of the molecule is CCCC(=O)N1CCN(C(=O)c2ccc(S(=O)(=O)C(C)C)cc2)CC1. The molecule has 2 amide bonds. The van der Waals surface area contributed by atoms with Gasteiger partial charge in [-0.2, -0.15) is 0 Å². The first-order chi connectivity index (χ1) is 11.8. The molecule has 1 aromatic rings. The second kappa shape index (κ2) is 7.99. The number of nitrogens with zero attached hydrogens (tertiary/aromatic N) is 2. The lowest BCUT2D eigenvalue weighted by atomic mass is 10.1. The number of rotatable bonds is 5. The summed E-state index contributed by atoms with van der Waals surface area (Å²) in [7, 11) is -3.34. The summed E-state index contributed by atoms with van der Waals surface area (Å²) in [5.74, 6) is 0.00827. The molecule has 0 atom stereocenters. The second-order valence-electron chi connectivity index (χ2n) is 6.54. The van der Waals surface area contributed by atoms with Crippen LogP contribution in [0.25, 0.3) is 0 Å². The van der Waals surface area contributed by atoms with E-state index in [1.165, 1.54) is 12.1 Å². The predicted octanol–water partition coefficient (Wildman–Crippen LogP) is 1.95. The summed E-state index contributed by atoms with van der Waals surface area (Å²) in [6, 6.07) is 6.10. The van der Waals surface area contributed by atoms with E-state index in [0.717, 1.165) is 6.42 Å². The predicted molar refractivity (Wildman–Crippen MR) is 96.2 cm³/mol. The Labute approximate surface area is 149 Å². The Hall–Kier alpha value is -1.89. The molecule has 7 heteroatoms. The average molecular weight is 366 g/mol. The van der Waals surface area contributed by atoms with Crippen LogP contribution >= 0.6 is 0 Å². The van der Waals surface area contributed by atoms with Crippen LogP contribution in [0.4, 0.5) is 0 Å². The molecule has 0 bridgehead atoms. The van der Waals surface area contributed by atoms with E-state index in [-0.39, 0.29) is 16.7 Å². The van der Waals surface area contributed by atoms with Crippen molar-refractivity contribution in [2.45, 2.75) is 43.8 Å². The molecule has 0 N–H and O–H groups in total. The van der Waals surface area contributed by atoms with Crippen molar-refractivity contribution in [1.82, 2.24) is 9.80 Å². The summed E-state index contributed by atoms with van der Waals surface area (Å²) in [6.45, 7) is 7.33. The largest absolute Gasteiger partial charge is 0.339 e. The summed E-state index contributed by atoms with van der Waals surface area (Å²) in [5.41, 5.74) is 0.469. The maximum atomic E-state index is 12.6. The number of carbonyl (C=O) groups is 2. The van der Waals surface area contributed by atoms with Crippen molar-refractivity contribution < 1.29 is 18.0 Å². The van der Waals surface area contributed by atoms with Gasteiger partial charge in [-0.3, -0.25) is 9.59 Å². The summed E-state index contributed by atoms with van der Waals surface area (Å²) in [5, 5.41) is -0.497. The topological polar surface area (TPSA) is 74.8 Å². The van der Waals surface area contributed by atoms with Crippen molar-refractivity contribution in [3.63, 3.8) is 0 Å². The maximum absolute atomic E-state index is 12.6. The fourth-order valence-electron chi connectivity index (χ4n) is 2.77. The molecule has 1 heterocycles. The molecule has 6 nitrogen and oxygen atoms in total. The van der Waals surface area contributed by atoms with Gasteiger partial charge < -0.3 is 9.80 Å². The third-order valence-electron chi connectivity index (χ3n) is 4.43. The van der Waals surface area contributed by atoms with E-state index < -0.39 is 15.1 Å². The first-order valence-electron chi connectivity index (χ1n) is 8.68. The van der Waals surface area contributed by atoms with E-state index in [2.05, 4.69) is 0 Å². The van der Waals surface area contributed by atoms with Gasteiger partial charge in [0.1, 0.15) is 0 Å². The highest BCUT2D eigenvalue weighted by Crippen LogP contribution is 2.18. The van der Waals surface area contributed by atoms with Gasteiger partial charge in [-0.15, -0.1) is 0 Å². The monoisotopic (exact) mass is 366 g/mol. The van der Waals surface area contributed by atoms with Crippen LogP contribution < -0.4 is 0 Å². The van der Waals surface area contributed by atoms with Gasteiger partial charge in [-0.05, 0) is 44.5 Å². The molecule has 0 radical (unpaired) electrons. The van der Waals surface area contributed by atoms with E-state index in [1.54, 1.807) is 35.8 Å². The van der Waals surface area contributed by atoms with Crippen LogP contribution in [0.1, 0.15) is 44.0 Å². The van der Waals surface area contributed by atoms with E-state index in [9.17, 15) is 18.0 Å². The smallest absolute Gasteiger partial charge is 0.253 e. The molecule has 0 aliphatic carbocycles. The lowest BCUT2D eigenvalue weighted by molar-refractivity contribution is -0.132. The van der Waals surface area contributed by atoms with Crippen LogP contribution in [0, 0.1) is 0 Å². The van der Waals surface area contributed by atoms with Crippen LogP contribution in [0.2, 0.25) is 0 Å². The molecular weight excluding hydrogens is 340 g/mol. The number of benzene rings is 1. The van der Waals surface area contributed by atoms with Crippen LogP contribution in [0.15, 0.2) is 29.2 Å². The summed E-state index contributed by atoms with van der Waals surface area (Å²) >= 11 is 0. The van der Waals surface area contributed by atoms with Crippen LogP contribution in [-0.4, -0.2) is 61.5 Å². The third kappa shape index (κ3) is 4.39. The van der Waals surface area contributed by atoms with Crippen molar-refractivity contribution in [2.24, 2.45) is 0 Å². The molecule has 0 saturated carbocycles. The number of hydrogen-bond acceptors (Lipinski definition) is 4. The minimum absolute atomic E-state index is 0.129. The number of piperazine rings is 1. The quantitative estimate of drug-likeness (QED) is 0.798. The maximum Gasteiger partial charge on any atom is 0.253 e. The molecule has 1 aromatic carbocycles. The Bertz CT molecular complexity index is 718. The fraction of sp³-hybridized carbons (Fsp3) is 0.556. The molecule has 1 saturated heterocycles. The Morgan fingerprint density at radius 1 is 1.00 bits per heavy atom. The molecule has 0 unspecified atom stereocenters. The Kier molecular flexibility index (Phi) is 6.21. The molecule has 1 aliphatic heterocycles. The van der Waals surface area contributed by atoms with Gasteiger partial charge in [0.05, 0.1) is 10.1 Å². The first kappa shape index (κ1) is 19.4.